The van der Waals surface area contributed by atoms with Gasteiger partial charge in [-0.15, -0.1) is 0 Å². The fraction of sp³-hybridized carbons (Fsp3) is 1.00. The summed E-state index contributed by atoms with van der Waals surface area (Å²) < 4.78 is 17.2. The van der Waals surface area contributed by atoms with Gasteiger partial charge < -0.3 is 20.7 Å². The summed E-state index contributed by atoms with van der Waals surface area (Å²) in [6, 6.07) is 0. The molecule has 1 rings (SSSR count). The highest BCUT2D eigenvalue weighted by Crippen LogP contribution is 2.20. The number of ether oxygens (including phenoxy) is 1. The highest BCUT2D eigenvalue weighted by atomic mass is 19.1. The van der Waals surface area contributed by atoms with E-state index in [0.29, 0.717) is 0 Å². The van der Waals surface area contributed by atoms with Crippen LogP contribution in [-0.2, 0) is 4.74 Å². The van der Waals surface area contributed by atoms with Crippen LogP contribution in [0.5, 0.6) is 0 Å². The monoisotopic (exact) mass is 151 g/mol. The van der Waals surface area contributed by atoms with Gasteiger partial charge in [-0.2, -0.15) is 0 Å². The zero-order chi connectivity index (χ0) is 7.72. The first kappa shape index (κ1) is 7.87. The zero-order valence-corrected chi connectivity index (χ0v) is 5.27. The maximum atomic E-state index is 12.5. The fourth-order valence-electron chi connectivity index (χ4n) is 0.908. The lowest BCUT2D eigenvalue weighted by Crippen LogP contribution is -2.33. The van der Waals surface area contributed by atoms with Crippen LogP contribution < -0.4 is 5.73 Å². The van der Waals surface area contributed by atoms with Gasteiger partial charge in [0.15, 0.2) is 6.17 Å². The van der Waals surface area contributed by atoms with E-state index in [1.807, 2.05) is 0 Å². The van der Waals surface area contributed by atoms with Crippen molar-refractivity contribution in [2.75, 3.05) is 6.61 Å². The van der Waals surface area contributed by atoms with E-state index in [0.717, 1.165) is 0 Å². The first-order chi connectivity index (χ1) is 4.66. The molecule has 0 amide bonds. The van der Waals surface area contributed by atoms with Gasteiger partial charge in [0.05, 0.1) is 6.61 Å². The molecule has 4 nitrogen and oxygen atoms in total. The van der Waals surface area contributed by atoms with Gasteiger partial charge in [-0.3, -0.25) is 0 Å². The van der Waals surface area contributed by atoms with E-state index in [4.69, 9.17) is 15.9 Å². The highest BCUT2D eigenvalue weighted by Gasteiger charge is 2.41. The Bertz CT molecular complexity index is 123. The summed E-state index contributed by atoms with van der Waals surface area (Å²) in [4.78, 5) is 0. The first-order valence-electron chi connectivity index (χ1n) is 3.01. The van der Waals surface area contributed by atoms with E-state index >= 15 is 0 Å². The van der Waals surface area contributed by atoms with Gasteiger partial charge in [-0.05, 0) is 0 Å². The number of halogens is 1. The smallest absolute Gasteiger partial charge is 0.168 e. The van der Waals surface area contributed by atoms with E-state index in [1.54, 1.807) is 0 Å². The molecule has 4 atom stereocenters. The predicted octanol–water partition coefficient (Wildman–Crippen LogP) is -1.64. The summed E-state index contributed by atoms with van der Waals surface area (Å²) >= 11 is 0. The van der Waals surface area contributed by atoms with Gasteiger partial charge in [0, 0.05) is 0 Å². The summed E-state index contributed by atoms with van der Waals surface area (Å²) in [6.45, 7) is -0.407. The lowest BCUT2D eigenvalue weighted by molar-refractivity contribution is -0.0200. The SMILES string of the molecule is N[C@@H]1O[C@H](CO)[C@@H](O)[C@@H]1F. The molecule has 0 aromatic carbocycles. The van der Waals surface area contributed by atoms with Crippen LogP contribution in [0.4, 0.5) is 4.39 Å². The molecule has 0 aromatic rings. The molecule has 1 aliphatic rings. The van der Waals surface area contributed by atoms with E-state index in [9.17, 15) is 4.39 Å². The van der Waals surface area contributed by atoms with Crippen molar-refractivity contribution in [1.29, 1.82) is 0 Å². The predicted molar refractivity (Wildman–Crippen MR) is 30.8 cm³/mol. The van der Waals surface area contributed by atoms with Crippen molar-refractivity contribution in [2.45, 2.75) is 24.6 Å². The highest BCUT2D eigenvalue weighted by molar-refractivity contribution is 4.87. The molecule has 0 bridgehead atoms. The summed E-state index contributed by atoms with van der Waals surface area (Å²) in [7, 11) is 0. The van der Waals surface area contributed by atoms with Gasteiger partial charge in [0.25, 0.3) is 0 Å². The Morgan fingerprint density at radius 3 is 2.40 bits per heavy atom. The minimum Gasteiger partial charge on any atom is -0.394 e. The number of aliphatic hydroxyl groups is 2. The maximum absolute atomic E-state index is 12.5. The largest absolute Gasteiger partial charge is 0.394 e. The van der Waals surface area contributed by atoms with Gasteiger partial charge in [-0.1, -0.05) is 0 Å². The molecule has 0 aliphatic carbocycles. The van der Waals surface area contributed by atoms with E-state index < -0.39 is 31.2 Å². The van der Waals surface area contributed by atoms with Crippen molar-refractivity contribution in [2.24, 2.45) is 5.73 Å². The number of nitrogens with two attached hydrogens (primary N) is 1. The average Bonchev–Trinajstić information content (AvgIpc) is 2.17. The van der Waals surface area contributed by atoms with Crippen LogP contribution in [0, 0.1) is 0 Å². The van der Waals surface area contributed by atoms with Crippen LogP contribution in [0.25, 0.3) is 0 Å². The van der Waals surface area contributed by atoms with Crippen LogP contribution >= 0.6 is 0 Å². The molecule has 1 saturated heterocycles. The molecular formula is C5H10FNO3. The summed E-state index contributed by atoms with van der Waals surface area (Å²) in [5.74, 6) is 0. The molecule has 0 radical (unpaired) electrons. The molecule has 0 unspecified atom stereocenters. The molecule has 60 valence electrons. The van der Waals surface area contributed by atoms with Crippen molar-refractivity contribution in [1.82, 2.24) is 0 Å². The van der Waals surface area contributed by atoms with Crippen molar-refractivity contribution in [3.8, 4) is 0 Å². The van der Waals surface area contributed by atoms with Crippen molar-refractivity contribution < 1.29 is 19.3 Å². The number of rotatable bonds is 1. The van der Waals surface area contributed by atoms with E-state index in [-0.39, 0.29) is 0 Å². The van der Waals surface area contributed by atoms with Crippen molar-refractivity contribution in [3.63, 3.8) is 0 Å². The molecule has 0 saturated carbocycles. The van der Waals surface area contributed by atoms with Crippen LogP contribution in [-0.4, -0.2) is 41.4 Å². The number of hydrogen-bond acceptors (Lipinski definition) is 4. The van der Waals surface area contributed by atoms with Gasteiger partial charge in [-0.25, -0.2) is 4.39 Å². The first-order valence-corrected chi connectivity index (χ1v) is 3.01. The topological polar surface area (TPSA) is 75.7 Å². The minimum absolute atomic E-state index is 0.407. The van der Waals surface area contributed by atoms with Crippen LogP contribution in [0.15, 0.2) is 0 Å². The third kappa shape index (κ3) is 1.13. The van der Waals surface area contributed by atoms with E-state index in [1.165, 1.54) is 0 Å². The standard InChI is InChI=1S/C5H10FNO3/c6-3-4(9)2(1-8)10-5(3)7/h2-5,8-9H,1,7H2/t2-,3+,4-,5-/m1/s1. The Balaban J connectivity index is 2.53. The molecule has 1 fully saturated rings. The molecule has 4 N–H and O–H groups in total. The second-order valence-electron chi connectivity index (χ2n) is 2.26. The minimum atomic E-state index is -1.59. The Morgan fingerprint density at radius 1 is 1.60 bits per heavy atom. The Morgan fingerprint density at radius 2 is 2.20 bits per heavy atom. The molecule has 10 heavy (non-hydrogen) atoms. The van der Waals surface area contributed by atoms with E-state index in [2.05, 4.69) is 4.74 Å². The van der Waals surface area contributed by atoms with Crippen LogP contribution in [0.2, 0.25) is 0 Å². The fourth-order valence-corrected chi connectivity index (χ4v) is 0.908. The Hall–Kier alpha value is -0.230. The number of alkyl halides is 1. The van der Waals surface area contributed by atoms with Gasteiger partial charge in [0.2, 0.25) is 0 Å². The molecule has 1 heterocycles. The second kappa shape index (κ2) is 2.79. The normalized spacial score (nSPS) is 48.0. The number of hydrogen-bond donors (Lipinski definition) is 3. The summed E-state index contributed by atoms with van der Waals surface area (Å²) in [5.41, 5.74) is 5.07. The second-order valence-corrected chi connectivity index (χ2v) is 2.26. The van der Waals surface area contributed by atoms with Crippen molar-refractivity contribution >= 4 is 0 Å². The van der Waals surface area contributed by atoms with Gasteiger partial charge in [0.1, 0.15) is 18.4 Å². The molecule has 0 spiro atoms. The molecule has 0 aromatic heterocycles. The van der Waals surface area contributed by atoms with Gasteiger partial charge >= 0.3 is 0 Å². The summed E-state index contributed by atoms with van der Waals surface area (Å²) in [6.07, 6.45) is -4.85. The summed E-state index contributed by atoms with van der Waals surface area (Å²) in [5, 5.41) is 17.4. The van der Waals surface area contributed by atoms with Crippen LogP contribution in [0.1, 0.15) is 0 Å². The molecule has 5 heteroatoms. The van der Waals surface area contributed by atoms with Crippen LogP contribution in [0.3, 0.4) is 0 Å². The van der Waals surface area contributed by atoms with Crippen molar-refractivity contribution in [3.05, 3.63) is 0 Å². The lowest BCUT2D eigenvalue weighted by Gasteiger charge is -2.08. The third-order valence-electron chi connectivity index (χ3n) is 1.53. The molecule has 1 aliphatic heterocycles. The lowest BCUT2D eigenvalue weighted by atomic mass is 10.2. The quantitative estimate of drug-likeness (QED) is 0.420. The average molecular weight is 151 g/mol. The zero-order valence-electron chi connectivity index (χ0n) is 5.27. The molecular weight excluding hydrogens is 141 g/mol. The number of aliphatic hydroxyl groups excluding tert-OH is 2. The Labute approximate surface area is 57.4 Å². The Kier molecular flexibility index (Phi) is 2.20. The maximum Gasteiger partial charge on any atom is 0.168 e. The third-order valence-corrected chi connectivity index (χ3v) is 1.53.